The number of hydrogen-bond donors (Lipinski definition) is 0. The van der Waals surface area contributed by atoms with E-state index in [1.54, 1.807) is 32.1 Å². The van der Waals surface area contributed by atoms with Gasteiger partial charge in [-0.2, -0.15) is 4.99 Å². The SMILES string of the molecule is CCOC(=O)C1CCN(C2C=C(Oc3ccc(CCC(C)=O)cc3)N=CN2[N+](=O)[O-])CC1. The number of rotatable bonds is 9. The number of likely N-dealkylation sites (tertiary alicyclic amines) is 1. The van der Waals surface area contributed by atoms with Crippen LogP contribution in [0.1, 0.15) is 38.7 Å². The van der Waals surface area contributed by atoms with Crippen LogP contribution in [0.4, 0.5) is 0 Å². The van der Waals surface area contributed by atoms with Crippen LogP contribution in [-0.2, 0) is 20.7 Å². The Bertz CT molecular complexity index is 890. The average molecular weight is 444 g/mol. The van der Waals surface area contributed by atoms with E-state index in [0.717, 1.165) is 16.9 Å². The van der Waals surface area contributed by atoms with Crippen LogP contribution in [0.25, 0.3) is 0 Å². The number of carbonyl (C=O) groups excluding carboxylic acids is 2. The molecule has 1 fully saturated rings. The Morgan fingerprint density at radius 3 is 2.50 bits per heavy atom. The lowest BCUT2D eigenvalue weighted by atomic mass is 9.96. The van der Waals surface area contributed by atoms with Crippen LogP contribution < -0.4 is 4.74 Å². The van der Waals surface area contributed by atoms with Crippen LogP contribution in [0.15, 0.2) is 41.2 Å². The highest BCUT2D eigenvalue weighted by Crippen LogP contribution is 2.25. The molecule has 10 heteroatoms. The molecule has 0 saturated carbocycles. The Balaban J connectivity index is 1.65. The summed E-state index contributed by atoms with van der Waals surface area (Å²) in [5, 5.41) is 11.9. The minimum Gasteiger partial charge on any atom is -0.466 e. The molecule has 10 nitrogen and oxygen atoms in total. The van der Waals surface area contributed by atoms with E-state index >= 15 is 0 Å². The van der Waals surface area contributed by atoms with Gasteiger partial charge in [0.25, 0.3) is 0 Å². The molecule has 0 bridgehead atoms. The van der Waals surface area contributed by atoms with Gasteiger partial charge < -0.3 is 14.3 Å². The standard InChI is InChI=1S/C22H28N4O6/c1-3-31-22(28)18-10-12-24(13-11-18)21-14-20(23-15-25(21)26(29)30)32-19-8-6-17(7-9-19)5-4-16(2)27/h6-9,14-15,18,21H,3-5,10-13H2,1-2H3. The molecule has 2 aliphatic rings. The third kappa shape index (κ3) is 6.13. The van der Waals surface area contributed by atoms with E-state index in [1.807, 2.05) is 17.0 Å². The Kier molecular flexibility index (Phi) is 7.93. The third-order valence-corrected chi connectivity index (χ3v) is 5.49. The summed E-state index contributed by atoms with van der Waals surface area (Å²) in [5.74, 6) is 0.551. The van der Waals surface area contributed by atoms with Crippen LogP contribution in [0, 0.1) is 16.0 Å². The summed E-state index contributed by atoms with van der Waals surface area (Å²) >= 11 is 0. The fourth-order valence-corrected chi connectivity index (χ4v) is 3.73. The number of aryl methyl sites for hydroxylation is 1. The van der Waals surface area contributed by atoms with Gasteiger partial charge in [-0.25, -0.2) is 10.1 Å². The van der Waals surface area contributed by atoms with E-state index in [-0.39, 0.29) is 23.6 Å². The first-order chi connectivity index (χ1) is 15.4. The second-order valence-corrected chi connectivity index (χ2v) is 7.79. The van der Waals surface area contributed by atoms with Crippen molar-refractivity contribution in [2.45, 2.75) is 45.7 Å². The monoisotopic (exact) mass is 444 g/mol. The van der Waals surface area contributed by atoms with Crippen molar-refractivity contribution in [2.75, 3.05) is 19.7 Å². The lowest BCUT2D eigenvalue weighted by Crippen LogP contribution is -2.53. The van der Waals surface area contributed by atoms with E-state index in [0.29, 0.717) is 51.1 Å². The predicted octanol–water partition coefficient (Wildman–Crippen LogP) is 2.57. The smallest absolute Gasteiger partial charge is 0.309 e. The highest BCUT2D eigenvalue weighted by molar-refractivity contribution is 5.75. The summed E-state index contributed by atoms with van der Waals surface area (Å²) in [4.78, 5) is 40.6. The third-order valence-electron chi connectivity index (χ3n) is 5.49. The van der Waals surface area contributed by atoms with Crippen LogP contribution in [0.3, 0.4) is 0 Å². The zero-order chi connectivity index (χ0) is 23.1. The highest BCUT2D eigenvalue weighted by atomic mass is 16.7. The number of nitro groups is 1. The zero-order valence-corrected chi connectivity index (χ0v) is 18.3. The Labute approximate surface area is 186 Å². The number of Topliss-reactive ketones (excluding diaryl/α,β-unsaturated/α-hetero) is 1. The molecule has 172 valence electrons. The second-order valence-electron chi connectivity index (χ2n) is 7.79. The number of esters is 1. The van der Waals surface area contributed by atoms with Crippen molar-refractivity contribution in [1.82, 2.24) is 9.91 Å². The van der Waals surface area contributed by atoms with Gasteiger partial charge in [-0.3, -0.25) is 9.69 Å². The molecule has 0 spiro atoms. The second kappa shape index (κ2) is 10.9. The maximum atomic E-state index is 12.0. The number of benzene rings is 1. The Hall–Kier alpha value is -3.27. The topological polar surface area (TPSA) is 115 Å². The quantitative estimate of drug-likeness (QED) is 0.324. The summed E-state index contributed by atoms with van der Waals surface area (Å²) in [5.41, 5.74) is 1.02. The molecule has 1 saturated heterocycles. The van der Waals surface area contributed by atoms with Gasteiger partial charge in [0, 0.05) is 25.6 Å². The van der Waals surface area contributed by atoms with E-state index in [2.05, 4.69) is 4.99 Å². The van der Waals surface area contributed by atoms with Crippen molar-refractivity contribution in [2.24, 2.45) is 10.9 Å². The fourth-order valence-electron chi connectivity index (χ4n) is 3.73. The first-order valence-corrected chi connectivity index (χ1v) is 10.7. The molecule has 0 N–H and O–H groups in total. The van der Waals surface area contributed by atoms with Gasteiger partial charge in [0.05, 0.1) is 12.5 Å². The van der Waals surface area contributed by atoms with Crippen LogP contribution >= 0.6 is 0 Å². The maximum Gasteiger partial charge on any atom is 0.309 e. The van der Waals surface area contributed by atoms with Crippen molar-refractivity contribution >= 4 is 18.1 Å². The van der Waals surface area contributed by atoms with Crippen molar-refractivity contribution in [3.05, 3.63) is 51.9 Å². The number of hydrazine groups is 1. The number of aliphatic imine (C=N–C) groups is 1. The molecule has 2 heterocycles. The van der Waals surface area contributed by atoms with Gasteiger partial charge in [0.1, 0.15) is 11.5 Å². The zero-order valence-electron chi connectivity index (χ0n) is 18.3. The number of piperidine rings is 1. The molecule has 0 amide bonds. The van der Waals surface area contributed by atoms with Crippen molar-refractivity contribution in [3.63, 3.8) is 0 Å². The fraction of sp³-hybridized carbons (Fsp3) is 0.500. The summed E-state index contributed by atoms with van der Waals surface area (Å²) in [6, 6.07) is 7.33. The van der Waals surface area contributed by atoms with Gasteiger partial charge in [-0.05, 0) is 50.8 Å². The van der Waals surface area contributed by atoms with E-state index in [1.165, 1.54) is 0 Å². The number of ether oxygens (including phenoxy) is 2. The lowest BCUT2D eigenvalue weighted by Gasteiger charge is -2.37. The van der Waals surface area contributed by atoms with Crippen molar-refractivity contribution < 1.29 is 24.1 Å². The summed E-state index contributed by atoms with van der Waals surface area (Å²) in [6.07, 6.45) is 4.39. The molecule has 1 atom stereocenters. The number of nitrogens with zero attached hydrogens (tertiary/aromatic N) is 4. The molecule has 32 heavy (non-hydrogen) atoms. The lowest BCUT2D eigenvalue weighted by molar-refractivity contribution is -0.639. The van der Waals surface area contributed by atoms with Gasteiger partial charge in [-0.1, -0.05) is 17.1 Å². The minimum atomic E-state index is -0.671. The summed E-state index contributed by atoms with van der Waals surface area (Å²) in [7, 11) is 0. The van der Waals surface area contributed by atoms with Gasteiger partial charge in [-0.15, -0.1) is 0 Å². The van der Waals surface area contributed by atoms with Gasteiger partial charge >= 0.3 is 5.97 Å². The molecule has 0 radical (unpaired) electrons. The first kappa shape index (κ1) is 23.4. The largest absolute Gasteiger partial charge is 0.466 e. The molecule has 1 aromatic rings. The number of ketones is 1. The maximum absolute atomic E-state index is 12.0. The number of carbonyl (C=O) groups is 2. The Morgan fingerprint density at radius 2 is 1.91 bits per heavy atom. The normalized spacial score (nSPS) is 19.4. The highest BCUT2D eigenvalue weighted by Gasteiger charge is 2.36. The molecule has 0 aliphatic carbocycles. The van der Waals surface area contributed by atoms with Gasteiger partial charge in [0.15, 0.2) is 17.5 Å². The molecule has 0 aromatic heterocycles. The predicted molar refractivity (Wildman–Crippen MR) is 116 cm³/mol. The average Bonchev–Trinajstić information content (AvgIpc) is 2.78. The van der Waals surface area contributed by atoms with Gasteiger partial charge in [0.2, 0.25) is 5.88 Å². The van der Waals surface area contributed by atoms with Crippen molar-refractivity contribution in [3.8, 4) is 5.75 Å². The molecular formula is C22H28N4O6. The molecule has 3 rings (SSSR count). The van der Waals surface area contributed by atoms with Crippen LogP contribution in [0.5, 0.6) is 5.75 Å². The molecule has 1 aromatic carbocycles. The molecular weight excluding hydrogens is 416 g/mol. The van der Waals surface area contributed by atoms with Crippen LogP contribution in [-0.4, -0.2) is 58.9 Å². The minimum absolute atomic E-state index is 0.139. The van der Waals surface area contributed by atoms with Crippen LogP contribution in [0.2, 0.25) is 0 Å². The van der Waals surface area contributed by atoms with E-state index in [9.17, 15) is 19.7 Å². The number of hydrogen-bond acceptors (Lipinski definition) is 8. The Morgan fingerprint density at radius 1 is 1.22 bits per heavy atom. The molecule has 2 aliphatic heterocycles. The first-order valence-electron chi connectivity index (χ1n) is 10.7. The summed E-state index contributed by atoms with van der Waals surface area (Å²) < 4.78 is 10.9. The van der Waals surface area contributed by atoms with Crippen molar-refractivity contribution in [1.29, 1.82) is 0 Å². The van der Waals surface area contributed by atoms with E-state index in [4.69, 9.17) is 9.47 Å². The molecule has 1 unspecified atom stereocenters. The van der Waals surface area contributed by atoms with E-state index < -0.39 is 11.2 Å². The summed E-state index contributed by atoms with van der Waals surface area (Å²) in [6.45, 7) is 4.71.